The molecule has 5 nitrogen and oxygen atoms in total. The maximum atomic E-state index is 13.0. The molecule has 0 saturated carbocycles. The molecule has 2 aromatic carbocycles. The normalized spacial score (nSPS) is 10.4. The molecule has 0 bridgehead atoms. The number of halogens is 1. The van der Waals surface area contributed by atoms with Gasteiger partial charge in [0.05, 0.1) is 6.54 Å². The average Bonchev–Trinajstić information content (AvgIpc) is 2.65. The molecule has 136 valence electrons. The van der Waals surface area contributed by atoms with E-state index in [4.69, 9.17) is 0 Å². The molecule has 0 unspecified atom stereocenters. The Morgan fingerprint density at radius 3 is 2.30 bits per heavy atom. The molecular weight excluding hydrogens is 347 g/mol. The van der Waals surface area contributed by atoms with E-state index in [0.717, 1.165) is 5.56 Å². The van der Waals surface area contributed by atoms with Crippen LogP contribution in [0.5, 0.6) is 0 Å². The number of nitrogens with one attached hydrogen (secondary N) is 1. The number of rotatable bonds is 5. The van der Waals surface area contributed by atoms with E-state index < -0.39 is 11.5 Å². The SMILES string of the molecule is CC(=O)c1ccc(NC(=O)c2cccn(Cc3ccc(F)cc3)c2=O)cc1. The van der Waals surface area contributed by atoms with Gasteiger partial charge in [0.2, 0.25) is 0 Å². The number of ketones is 1. The summed E-state index contributed by atoms with van der Waals surface area (Å²) in [6, 6.07) is 15.3. The van der Waals surface area contributed by atoms with Gasteiger partial charge in [-0.3, -0.25) is 14.4 Å². The zero-order valence-corrected chi connectivity index (χ0v) is 14.6. The maximum absolute atomic E-state index is 13.0. The lowest BCUT2D eigenvalue weighted by atomic mass is 10.1. The molecule has 0 aliphatic rings. The molecule has 3 aromatic rings. The van der Waals surface area contributed by atoms with Gasteiger partial charge >= 0.3 is 0 Å². The van der Waals surface area contributed by atoms with Gasteiger partial charge in [-0.05, 0) is 61.0 Å². The Hall–Kier alpha value is -3.54. The van der Waals surface area contributed by atoms with Gasteiger partial charge in [0.1, 0.15) is 11.4 Å². The van der Waals surface area contributed by atoms with E-state index in [1.807, 2.05) is 0 Å². The summed E-state index contributed by atoms with van der Waals surface area (Å²) in [6.45, 7) is 1.69. The van der Waals surface area contributed by atoms with E-state index in [0.29, 0.717) is 11.3 Å². The van der Waals surface area contributed by atoms with Crippen molar-refractivity contribution in [2.24, 2.45) is 0 Å². The highest BCUT2D eigenvalue weighted by Crippen LogP contribution is 2.11. The lowest BCUT2D eigenvalue weighted by Crippen LogP contribution is -2.29. The number of hydrogen-bond donors (Lipinski definition) is 1. The maximum Gasteiger partial charge on any atom is 0.263 e. The quantitative estimate of drug-likeness (QED) is 0.705. The average molecular weight is 364 g/mol. The predicted molar refractivity (Wildman–Crippen MR) is 101 cm³/mol. The van der Waals surface area contributed by atoms with Crippen molar-refractivity contribution in [3.8, 4) is 0 Å². The van der Waals surface area contributed by atoms with Crippen LogP contribution in [-0.2, 0) is 6.54 Å². The minimum absolute atomic E-state index is 0.00439. The van der Waals surface area contributed by atoms with Gasteiger partial charge < -0.3 is 9.88 Å². The Labute approximate surface area is 155 Å². The standard InChI is InChI=1S/C21H17FN2O3/c1-14(25)16-6-10-18(11-7-16)23-20(26)19-3-2-12-24(21(19)27)13-15-4-8-17(22)9-5-15/h2-12H,13H2,1H3,(H,23,26). The summed E-state index contributed by atoms with van der Waals surface area (Å²) in [7, 11) is 0. The minimum atomic E-state index is -0.538. The second kappa shape index (κ2) is 7.78. The summed E-state index contributed by atoms with van der Waals surface area (Å²) in [5, 5.41) is 2.65. The topological polar surface area (TPSA) is 68.2 Å². The van der Waals surface area contributed by atoms with Crippen LogP contribution < -0.4 is 10.9 Å². The number of amides is 1. The number of pyridine rings is 1. The largest absolute Gasteiger partial charge is 0.322 e. The van der Waals surface area contributed by atoms with Gasteiger partial charge in [0.15, 0.2) is 5.78 Å². The molecule has 1 amide bonds. The number of carbonyl (C=O) groups excluding carboxylic acids is 2. The number of Topliss-reactive ketones (excluding diaryl/α,β-unsaturated/α-hetero) is 1. The highest BCUT2D eigenvalue weighted by Gasteiger charge is 2.13. The van der Waals surface area contributed by atoms with Gasteiger partial charge in [0, 0.05) is 17.4 Å². The van der Waals surface area contributed by atoms with Crippen molar-refractivity contribution in [1.82, 2.24) is 4.57 Å². The van der Waals surface area contributed by atoms with Crippen LogP contribution in [0, 0.1) is 5.82 Å². The molecule has 3 rings (SSSR count). The van der Waals surface area contributed by atoms with Gasteiger partial charge in [0.25, 0.3) is 11.5 Å². The van der Waals surface area contributed by atoms with E-state index in [-0.39, 0.29) is 23.7 Å². The molecule has 1 heterocycles. The first-order valence-corrected chi connectivity index (χ1v) is 8.30. The third-order valence-electron chi connectivity index (χ3n) is 4.08. The Morgan fingerprint density at radius 2 is 1.67 bits per heavy atom. The van der Waals surface area contributed by atoms with E-state index >= 15 is 0 Å². The zero-order chi connectivity index (χ0) is 19.4. The Morgan fingerprint density at radius 1 is 1.00 bits per heavy atom. The summed E-state index contributed by atoms with van der Waals surface area (Å²) in [5.41, 5.74) is 1.32. The first-order chi connectivity index (χ1) is 12.9. The van der Waals surface area contributed by atoms with Gasteiger partial charge in [-0.25, -0.2) is 4.39 Å². The smallest absolute Gasteiger partial charge is 0.263 e. The number of hydrogen-bond acceptors (Lipinski definition) is 3. The van der Waals surface area contributed by atoms with E-state index in [9.17, 15) is 18.8 Å². The summed E-state index contributed by atoms with van der Waals surface area (Å²) >= 11 is 0. The highest BCUT2D eigenvalue weighted by atomic mass is 19.1. The lowest BCUT2D eigenvalue weighted by molar-refractivity contribution is 0.101. The molecule has 0 fully saturated rings. The third kappa shape index (κ3) is 4.36. The number of carbonyl (C=O) groups is 2. The van der Waals surface area contributed by atoms with E-state index in [2.05, 4.69) is 5.32 Å². The van der Waals surface area contributed by atoms with Crippen LogP contribution in [0.15, 0.2) is 71.7 Å². The van der Waals surface area contributed by atoms with Crippen LogP contribution in [-0.4, -0.2) is 16.3 Å². The number of benzene rings is 2. The fourth-order valence-electron chi connectivity index (χ4n) is 2.61. The summed E-state index contributed by atoms with van der Waals surface area (Å²) in [4.78, 5) is 36.4. The zero-order valence-electron chi connectivity index (χ0n) is 14.6. The molecule has 0 spiro atoms. The molecule has 0 aliphatic heterocycles. The van der Waals surface area contributed by atoms with Crippen molar-refractivity contribution in [2.75, 3.05) is 5.32 Å². The van der Waals surface area contributed by atoms with Gasteiger partial charge in [-0.15, -0.1) is 0 Å². The second-order valence-electron chi connectivity index (χ2n) is 6.07. The lowest BCUT2D eigenvalue weighted by Gasteiger charge is -2.09. The summed E-state index contributed by atoms with van der Waals surface area (Å²) < 4.78 is 14.4. The molecule has 1 aromatic heterocycles. The Balaban J connectivity index is 1.80. The first-order valence-electron chi connectivity index (χ1n) is 8.30. The second-order valence-corrected chi connectivity index (χ2v) is 6.07. The first kappa shape index (κ1) is 18.3. The molecule has 0 aliphatic carbocycles. The fraction of sp³-hybridized carbons (Fsp3) is 0.0952. The number of aromatic nitrogens is 1. The van der Waals surface area contributed by atoms with E-state index in [1.54, 1.807) is 48.7 Å². The molecule has 6 heteroatoms. The molecule has 27 heavy (non-hydrogen) atoms. The molecule has 0 saturated heterocycles. The summed E-state index contributed by atoms with van der Waals surface area (Å²) in [5.74, 6) is -0.960. The monoisotopic (exact) mass is 364 g/mol. The van der Waals surface area contributed by atoms with Crippen LogP contribution in [0.3, 0.4) is 0 Å². The predicted octanol–water partition coefficient (Wildman–Crippen LogP) is 3.49. The van der Waals surface area contributed by atoms with Crippen molar-refractivity contribution in [1.29, 1.82) is 0 Å². The highest BCUT2D eigenvalue weighted by molar-refractivity contribution is 6.04. The van der Waals surface area contributed by atoms with Crippen molar-refractivity contribution >= 4 is 17.4 Å². The number of anilines is 1. The summed E-state index contributed by atoms with van der Waals surface area (Å²) in [6.07, 6.45) is 1.57. The molecule has 1 N–H and O–H groups in total. The van der Waals surface area contributed by atoms with Crippen LogP contribution >= 0.6 is 0 Å². The van der Waals surface area contributed by atoms with Crippen LogP contribution in [0.1, 0.15) is 33.2 Å². The van der Waals surface area contributed by atoms with Crippen LogP contribution in [0.4, 0.5) is 10.1 Å². The van der Waals surface area contributed by atoms with Crippen molar-refractivity contribution in [3.63, 3.8) is 0 Å². The van der Waals surface area contributed by atoms with Crippen molar-refractivity contribution in [3.05, 3.63) is 99.7 Å². The van der Waals surface area contributed by atoms with Crippen molar-refractivity contribution in [2.45, 2.75) is 13.5 Å². The Kier molecular flexibility index (Phi) is 5.26. The van der Waals surface area contributed by atoms with E-state index in [1.165, 1.54) is 29.7 Å². The molecule has 0 atom stereocenters. The fourth-order valence-corrected chi connectivity index (χ4v) is 2.61. The molecular formula is C21H17FN2O3. The number of nitrogens with zero attached hydrogens (tertiary/aromatic N) is 1. The third-order valence-corrected chi connectivity index (χ3v) is 4.08. The van der Waals surface area contributed by atoms with Crippen molar-refractivity contribution < 1.29 is 14.0 Å². The van der Waals surface area contributed by atoms with Crippen LogP contribution in [0.25, 0.3) is 0 Å². The van der Waals surface area contributed by atoms with Gasteiger partial charge in [-0.1, -0.05) is 12.1 Å². The van der Waals surface area contributed by atoms with Gasteiger partial charge in [-0.2, -0.15) is 0 Å². The Bertz CT molecular complexity index is 1040. The minimum Gasteiger partial charge on any atom is -0.322 e. The van der Waals surface area contributed by atoms with Crippen LogP contribution in [0.2, 0.25) is 0 Å². The molecule has 0 radical (unpaired) electrons.